The van der Waals surface area contributed by atoms with Crippen molar-refractivity contribution < 1.29 is 5.11 Å². The lowest BCUT2D eigenvalue weighted by Crippen LogP contribution is -2.46. The number of rotatable bonds is 5. The van der Waals surface area contributed by atoms with Gasteiger partial charge in [0.05, 0.1) is 6.61 Å². The molecule has 1 atom stereocenters. The summed E-state index contributed by atoms with van der Waals surface area (Å²) in [6.45, 7) is 6.53. The smallest absolute Gasteiger partial charge is 0.0611 e. The van der Waals surface area contributed by atoms with Crippen molar-refractivity contribution in [3.05, 3.63) is 29.3 Å². The third kappa shape index (κ3) is 3.28. The first-order chi connectivity index (χ1) is 9.08. The van der Waals surface area contributed by atoms with Crippen molar-refractivity contribution in [2.75, 3.05) is 31.6 Å². The zero-order chi connectivity index (χ0) is 13.9. The molecule has 0 aliphatic carbocycles. The second-order valence-corrected chi connectivity index (χ2v) is 5.94. The molecule has 106 valence electrons. The molecule has 0 bridgehead atoms. The second kappa shape index (κ2) is 5.93. The molecule has 0 saturated heterocycles. The Kier molecular flexibility index (Phi) is 4.48. The molecule has 0 spiro atoms. The SMILES string of the molecule is CNC(C)(CO)CCN1CCCc2cc(C)ccc21. The summed E-state index contributed by atoms with van der Waals surface area (Å²) in [5, 5.41) is 12.7. The maximum atomic E-state index is 9.47. The van der Waals surface area contributed by atoms with Crippen LogP contribution in [0.2, 0.25) is 0 Å². The lowest BCUT2D eigenvalue weighted by atomic mass is 9.96. The molecule has 1 aliphatic heterocycles. The van der Waals surface area contributed by atoms with E-state index in [9.17, 15) is 5.11 Å². The van der Waals surface area contributed by atoms with Crippen molar-refractivity contribution >= 4 is 5.69 Å². The molecule has 1 unspecified atom stereocenters. The number of aryl methyl sites for hydroxylation is 2. The zero-order valence-corrected chi connectivity index (χ0v) is 12.4. The van der Waals surface area contributed by atoms with E-state index in [0.717, 1.165) is 19.5 Å². The lowest BCUT2D eigenvalue weighted by Gasteiger charge is -2.35. The van der Waals surface area contributed by atoms with Crippen LogP contribution in [-0.4, -0.2) is 37.4 Å². The van der Waals surface area contributed by atoms with Gasteiger partial charge in [0.2, 0.25) is 0 Å². The normalized spacial score (nSPS) is 18.0. The molecule has 2 rings (SSSR count). The number of nitrogens with one attached hydrogen (secondary N) is 1. The van der Waals surface area contributed by atoms with E-state index < -0.39 is 0 Å². The summed E-state index contributed by atoms with van der Waals surface area (Å²) in [4.78, 5) is 2.46. The van der Waals surface area contributed by atoms with Gasteiger partial charge < -0.3 is 15.3 Å². The van der Waals surface area contributed by atoms with Crippen molar-refractivity contribution in [3.63, 3.8) is 0 Å². The van der Waals surface area contributed by atoms with Gasteiger partial charge in [-0.3, -0.25) is 0 Å². The summed E-state index contributed by atoms with van der Waals surface area (Å²) < 4.78 is 0. The van der Waals surface area contributed by atoms with Crippen LogP contribution in [0.15, 0.2) is 18.2 Å². The van der Waals surface area contributed by atoms with E-state index in [-0.39, 0.29) is 12.1 Å². The Labute approximate surface area is 116 Å². The van der Waals surface area contributed by atoms with Crippen LogP contribution in [0.25, 0.3) is 0 Å². The van der Waals surface area contributed by atoms with E-state index in [1.165, 1.54) is 29.7 Å². The Morgan fingerprint density at radius 1 is 1.42 bits per heavy atom. The highest BCUT2D eigenvalue weighted by atomic mass is 16.3. The molecule has 0 fully saturated rings. The summed E-state index contributed by atoms with van der Waals surface area (Å²) in [5.74, 6) is 0. The standard InChI is InChI=1S/C16H26N2O/c1-13-6-7-15-14(11-13)5-4-9-18(15)10-8-16(2,12-19)17-3/h6-7,11,17,19H,4-5,8-10,12H2,1-3H3. The molecule has 1 aromatic rings. The quantitative estimate of drug-likeness (QED) is 0.853. The molecule has 1 heterocycles. The second-order valence-electron chi connectivity index (χ2n) is 5.94. The Bertz CT molecular complexity index is 427. The predicted octanol–water partition coefficient (Wildman–Crippen LogP) is 2.11. The molecule has 1 aromatic carbocycles. The first kappa shape index (κ1) is 14.4. The molecular weight excluding hydrogens is 236 g/mol. The molecule has 19 heavy (non-hydrogen) atoms. The van der Waals surface area contributed by atoms with E-state index in [2.05, 4.69) is 42.3 Å². The van der Waals surface area contributed by atoms with Gasteiger partial charge >= 0.3 is 0 Å². The first-order valence-electron chi connectivity index (χ1n) is 7.22. The molecule has 2 N–H and O–H groups in total. The zero-order valence-electron chi connectivity index (χ0n) is 12.4. The number of nitrogens with zero attached hydrogens (tertiary/aromatic N) is 1. The van der Waals surface area contributed by atoms with Gasteiger partial charge in [0.15, 0.2) is 0 Å². The Hall–Kier alpha value is -1.06. The van der Waals surface area contributed by atoms with Gasteiger partial charge in [-0.2, -0.15) is 0 Å². The van der Waals surface area contributed by atoms with Crippen LogP contribution in [0.5, 0.6) is 0 Å². The fourth-order valence-corrected chi connectivity index (χ4v) is 2.70. The van der Waals surface area contributed by atoms with Gasteiger partial charge in [-0.25, -0.2) is 0 Å². The van der Waals surface area contributed by atoms with Crippen LogP contribution in [0, 0.1) is 6.92 Å². The molecular formula is C16H26N2O. The van der Waals surface area contributed by atoms with E-state index >= 15 is 0 Å². The van der Waals surface area contributed by atoms with Crippen molar-refractivity contribution in [2.24, 2.45) is 0 Å². The fraction of sp³-hybridized carbons (Fsp3) is 0.625. The highest BCUT2D eigenvalue weighted by Gasteiger charge is 2.23. The first-order valence-corrected chi connectivity index (χ1v) is 7.22. The average molecular weight is 262 g/mol. The van der Waals surface area contributed by atoms with Crippen molar-refractivity contribution in [2.45, 2.75) is 38.6 Å². The van der Waals surface area contributed by atoms with Gasteiger partial charge in [-0.1, -0.05) is 17.7 Å². The number of anilines is 1. The van der Waals surface area contributed by atoms with Crippen LogP contribution in [-0.2, 0) is 6.42 Å². The minimum absolute atomic E-state index is 0.178. The van der Waals surface area contributed by atoms with Gasteiger partial charge in [-0.15, -0.1) is 0 Å². The molecule has 1 aliphatic rings. The fourth-order valence-electron chi connectivity index (χ4n) is 2.70. The van der Waals surface area contributed by atoms with E-state index in [1.807, 2.05) is 7.05 Å². The van der Waals surface area contributed by atoms with Crippen LogP contribution in [0.4, 0.5) is 5.69 Å². The minimum atomic E-state index is -0.178. The van der Waals surface area contributed by atoms with E-state index in [0.29, 0.717) is 0 Å². The Morgan fingerprint density at radius 2 is 2.21 bits per heavy atom. The summed E-state index contributed by atoms with van der Waals surface area (Å²) in [6, 6.07) is 6.75. The molecule has 0 aromatic heterocycles. The highest BCUT2D eigenvalue weighted by Crippen LogP contribution is 2.28. The largest absolute Gasteiger partial charge is 0.394 e. The predicted molar refractivity (Wildman–Crippen MR) is 80.9 cm³/mol. The number of aliphatic hydroxyl groups excluding tert-OH is 1. The van der Waals surface area contributed by atoms with Gasteiger partial charge in [-0.05, 0) is 51.8 Å². The number of fused-ring (bicyclic) bond motifs is 1. The maximum absolute atomic E-state index is 9.47. The van der Waals surface area contributed by atoms with Crippen molar-refractivity contribution in [1.82, 2.24) is 5.32 Å². The molecule has 3 heteroatoms. The summed E-state index contributed by atoms with van der Waals surface area (Å²) in [7, 11) is 1.92. The van der Waals surface area contributed by atoms with E-state index in [4.69, 9.17) is 0 Å². The summed E-state index contributed by atoms with van der Waals surface area (Å²) in [6.07, 6.45) is 3.37. The topological polar surface area (TPSA) is 35.5 Å². The van der Waals surface area contributed by atoms with E-state index in [1.54, 1.807) is 0 Å². The number of benzene rings is 1. The molecule has 0 saturated carbocycles. The highest BCUT2D eigenvalue weighted by molar-refractivity contribution is 5.56. The third-order valence-corrected chi connectivity index (χ3v) is 4.34. The number of likely N-dealkylation sites (N-methyl/N-ethyl adjacent to an activating group) is 1. The monoisotopic (exact) mass is 262 g/mol. The van der Waals surface area contributed by atoms with Gasteiger partial charge in [0.25, 0.3) is 0 Å². The molecule has 0 radical (unpaired) electrons. The Balaban J connectivity index is 2.08. The van der Waals surface area contributed by atoms with Crippen molar-refractivity contribution in [3.8, 4) is 0 Å². The number of hydrogen-bond acceptors (Lipinski definition) is 3. The van der Waals surface area contributed by atoms with Crippen LogP contribution >= 0.6 is 0 Å². The van der Waals surface area contributed by atoms with Crippen LogP contribution in [0.1, 0.15) is 30.9 Å². The van der Waals surface area contributed by atoms with Crippen LogP contribution < -0.4 is 10.2 Å². The molecule has 3 nitrogen and oxygen atoms in total. The van der Waals surface area contributed by atoms with Gasteiger partial charge in [0, 0.05) is 24.3 Å². The third-order valence-electron chi connectivity index (χ3n) is 4.34. The summed E-state index contributed by atoms with van der Waals surface area (Å²) in [5.41, 5.74) is 4.02. The van der Waals surface area contributed by atoms with Crippen LogP contribution in [0.3, 0.4) is 0 Å². The van der Waals surface area contributed by atoms with Crippen molar-refractivity contribution in [1.29, 1.82) is 0 Å². The number of aliphatic hydroxyl groups is 1. The number of hydrogen-bond donors (Lipinski definition) is 2. The molecule has 0 amide bonds. The maximum Gasteiger partial charge on any atom is 0.0611 e. The summed E-state index contributed by atoms with van der Waals surface area (Å²) >= 11 is 0. The lowest BCUT2D eigenvalue weighted by molar-refractivity contribution is 0.175. The van der Waals surface area contributed by atoms with Gasteiger partial charge in [0.1, 0.15) is 0 Å². The Morgan fingerprint density at radius 3 is 2.89 bits per heavy atom. The average Bonchev–Trinajstić information content (AvgIpc) is 2.44. The minimum Gasteiger partial charge on any atom is -0.394 e.